The first-order chi connectivity index (χ1) is 14.4. The highest BCUT2D eigenvalue weighted by molar-refractivity contribution is 7.66. The number of nitrogens with zero attached hydrogens (tertiary/aromatic N) is 1. The number of phosphoric acid groups is 3. The van der Waals surface area contributed by atoms with E-state index >= 15 is 0 Å². The predicted octanol–water partition coefficient (Wildman–Crippen LogP) is -1.56. The van der Waals surface area contributed by atoms with Crippen LogP contribution in [0.25, 0.3) is 0 Å². The van der Waals surface area contributed by atoms with E-state index in [2.05, 4.69) is 13.1 Å². The highest BCUT2D eigenvalue weighted by Crippen LogP contribution is 2.66. The maximum absolute atomic E-state index is 13.7. The van der Waals surface area contributed by atoms with Crippen LogP contribution in [-0.4, -0.2) is 64.8 Å². The first-order valence-corrected chi connectivity index (χ1v) is 12.7. The van der Waals surface area contributed by atoms with E-state index in [0.717, 1.165) is 0 Å². The third-order valence-electron chi connectivity index (χ3n) is 4.57. The molecule has 0 aromatic carbocycles. The van der Waals surface area contributed by atoms with Gasteiger partial charge in [-0.2, -0.15) is 13.0 Å². The van der Waals surface area contributed by atoms with Crippen LogP contribution in [-0.2, 0) is 36.3 Å². The summed E-state index contributed by atoms with van der Waals surface area (Å²) in [6.07, 6.45) is -2.76. The van der Waals surface area contributed by atoms with Gasteiger partial charge >= 0.3 is 29.2 Å². The van der Waals surface area contributed by atoms with Crippen LogP contribution in [0.4, 0.5) is 4.39 Å². The van der Waals surface area contributed by atoms with Crippen molar-refractivity contribution in [3.63, 3.8) is 0 Å². The van der Waals surface area contributed by atoms with Gasteiger partial charge in [0.2, 0.25) is 5.82 Å². The summed E-state index contributed by atoms with van der Waals surface area (Å²) >= 11 is 0. The molecule has 32 heavy (non-hydrogen) atoms. The lowest BCUT2D eigenvalue weighted by molar-refractivity contribution is -0.212. The first-order valence-electron chi connectivity index (χ1n) is 8.19. The zero-order valence-electron chi connectivity index (χ0n) is 15.6. The average molecular weight is 528 g/mol. The van der Waals surface area contributed by atoms with Gasteiger partial charge in [0.05, 0.1) is 19.4 Å². The van der Waals surface area contributed by atoms with Crippen LogP contribution in [0.1, 0.15) is 13.2 Å². The minimum Gasteiger partial charge on any atom is -0.387 e. The molecule has 2 bridgehead atoms. The number of ether oxygens (including phenoxy) is 2. The van der Waals surface area contributed by atoms with Crippen molar-refractivity contribution in [1.82, 2.24) is 9.55 Å². The van der Waals surface area contributed by atoms with Crippen molar-refractivity contribution in [3.05, 3.63) is 32.9 Å². The van der Waals surface area contributed by atoms with E-state index in [1.54, 1.807) is 4.98 Å². The van der Waals surface area contributed by atoms with Crippen molar-refractivity contribution in [1.29, 1.82) is 0 Å². The fraction of sp³-hybridized carbons (Fsp3) is 0.636. The Morgan fingerprint density at radius 3 is 2.44 bits per heavy atom. The Balaban J connectivity index is 1.81. The highest BCUT2D eigenvalue weighted by atomic mass is 31.3. The third-order valence-corrected chi connectivity index (χ3v) is 8.35. The number of fused-ring (bicyclic) bond motifs is 2. The number of halogens is 1. The number of aromatic nitrogens is 2. The van der Waals surface area contributed by atoms with Crippen LogP contribution < -0.4 is 11.2 Å². The van der Waals surface area contributed by atoms with E-state index in [4.69, 9.17) is 24.2 Å². The van der Waals surface area contributed by atoms with Gasteiger partial charge in [0, 0.05) is 0 Å². The van der Waals surface area contributed by atoms with Gasteiger partial charge in [-0.15, -0.1) is 0 Å². The van der Waals surface area contributed by atoms with Gasteiger partial charge < -0.3 is 34.2 Å². The van der Waals surface area contributed by atoms with Crippen LogP contribution in [0.5, 0.6) is 0 Å². The zero-order chi connectivity index (χ0) is 24.3. The maximum Gasteiger partial charge on any atom is 0.490 e. The van der Waals surface area contributed by atoms with Crippen LogP contribution in [0.2, 0.25) is 0 Å². The van der Waals surface area contributed by atoms with Gasteiger partial charge in [-0.25, -0.2) is 18.5 Å². The summed E-state index contributed by atoms with van der Waals surface area (Å²) in [4.78, 5) is 60.7. The molecule has 2 fully saturated rings. The number of aliphatic hydroxyl groups excluding tert-OH is 1. The maximum atomic E-state index is 13.7. The minimum atomic E-state index is -5.78. The molecule has 1 aromatic heterocycles. The Bertz CT molecular complexity index is 1180. The molecule has 3 rings (SSSR count). The molecule has 6 atom stereocenters. The number of rotatable bonds is 8. The topological polar surface area (TPSA) is 253 Å². The van der Waals surface area contributed by atoms with Crippen molar-refractivity contribution in [3.8, 4) is 0 Å². The Morgan fingerprint density at radius 2 is 1.84 bits per heavy atom. The largest absolute Gasteiger partial charge is 0.490 e. The van der Waals surface area contributed by atoms with Gasteiger partial charge in [-0.05, 0) is 6.92 Å². The van der Waals surface area contributed by atoms with Gasteiger partial charge in [-0.1, -0.05) is 0 Å². The lowest BCUT2D eigenvalue weighted by atomic mass is 9.92. The fourth-order valence-electron chi connectivity index (χ4n) is 3.22. The number of H-pyrrole nitrogens is 1. The molecule has 0 aliphatic carbocycles. The summed E-state index contributed by atoms with van der Waals surface area (Å²) in [6.45, 7) is -0.334. The second-order valence-electron chi connectivity index (χ2n) is 6.92. The molecule has 6 N–H and O–H groups in total. The number of aromatic amines is 1. The van der Waals surface area contributed by atoms with Crippen LogP contribution in [0, 0.1) is 5.82 Å². The van der Waals surface area contributed by atoms with E-state index in [9.17, 15) is 37.7 Å². The molecule has 2 aliphatic heterocycles. The second-order valence-corrected chi connectivity index (χ2v) is 11.3. The van der Waals surface area contributed by atoms with Crippen LogP contribution in [0.3, 0.4) is 0 Å². The molecule has 0 amide bonds. The summed E-state index contributed by atoms with van der Waals surface area (Å²) in [5.41, 5.74) is -6.18. The van der Waals surface area contributed by atoms with Crippen molar-refractivity contribution in [2.75, 3.05) is 13.2 Å². The van der Waals surface area contributed by atoms with E-state index in [1.165, 1.54) is 6.92 Å². The second kappa shape index (κ2) is 7.99. The van der Waals surface area contributed by atoms with Crippen molar-refractivity contribution >= 4 is 23.5 Å². The summed E-state index contributed by atoms with van der Waals surface area (Å²) < 4.78 is 70.8. The number of hydrogen-bond donors (Lipinski definition) is 6. The monoisotopic (exact) mass is 528 g/mol. The standard InChI is InChI=1S/C11H16FN2O15P3/c1-10-7(16)11(3-25-10,27-8(10)14-2-5(12)6(15)13-9(14)17)4-26-31(21,22)29-32(23,24)28-30(18,19)20/h2,7-8,16H,3-4H2,1H3,(H,21,22)(H,23,24)(H,13,15,17)(H2,18,19,20)/t7-,8+,10+,11+/m0/s1. The molecule has 0 radical (unpaired) electrons. The lowest BCUT2D eigenvalue weighted by Crippen LogP contribution is -2.46. The molecule has 2 unspecified atom stereocenters. The molecule has 0 spiro atoms. The predicted molar refractivity (Wildman–Crippen MR) is 94.3 cm³/mol. The van der Waals surface area contributed by atoms with Crippen molar-refractivity contribution < 1.29 is 65.4 Å². The molecule has 1 aromatic rings. The molecule has 182 valence electrons. The lowest BCUT2D eigenvalue weighted by Gasteiger charge is -2.34. The van der Waals surface area contributed by atoms with E-state index < -0.39 is 77.3 Å². The Hall–Kier alpha value is -1.10. The number of hydrogen-bond acceptors (Lipinski definition) is 11. The molecule has 21 heteroatoms. The third kappa shape index (κ3) is 4.88. The van der Waals surface area contributed by atoms with Gasteiger partial charge in [0.25, 0.3) is 5.56 Å². The van der Waals surface area contributed by atoms with E-state index in [0.29, 0.717) is 10.8 Å². The molecule has 2 aliphatic rings. The normalized spacial score (nSPS) is 33.7. The van der Waals surface area contributed by atoms with E-state index in [1.807, 2.05) is 0 Å². The number of aliphatic hydroxyl groups is 1. The van der Waals surface area contributed by atoms with Crippen LogP contribution >= 0.6 is 23.5 Å². The fourth-order valence-corrected chi connectivity index (χ4v) is 6.29. The SMILES string of the molecule is C[C@]12OC[C@](COP(=O)(O)OP(=O)(O)OP(=O)(O)O)(O[C@H]1n1cc(F)c(=O)[nH]c1=O)[C@H]2O. The van der Waals surface area contributed by atoms with Crippen molar-refractivity contribution in [2.24, 2.45) is 0 Å². The molecule has 3 heterocycles. The number of nitrogens with one attached hydrogen (secondary N) is 1. The Labute approximate surface area is 175 Å². The quantitative estimate of drug-likeness (QED) is 0.209. The molecule has 17 nitrogen and oxygen atoms in total. The van der Waals surface area contributed by atoms with Crippen LogP contribution in [0.15, 0.2) is 15.8 Å². The average Bonchev–Trinajstić information content (AvgIpc) is 2.97. The molecule has 2 saturated heterocycles. The zero-order valence-corrected chi connectivity index (χ0v) is 18.3. The van der Waals surface area contributed by atoms with Crippen molar-refractivity contribution in [2.45, 2.75) is 30.5 Å². The molecular formula is C11H16FN2O15P3. The first kappa shape index (κ1) is 25.5. The van der Waals surface area contributed by atoms with Gasteiger partial charge in [-0.3, -0.25) is 18.9 Å². The summed E-state index contributed by atoms with van der Waals surface area (Å²) in [7, 11) is -16.9. The van der Waals surface area contributed by atoms with Gasteiger partial charge in [0.1, 0.15) is 17.3 Å². The smallest absolute Gasteiger partial charge is 0.387 e. The minimum absolute atomic E-state index is 0.490. The molecular weight excluding hydrogens is 512 g/mol. The number of phosphoric ester groups is 1. The summed E-state index contributed by atoms with van der Waals surface area (Å²) in [6, 6.07) is 0. The Morgan fingerprint density at radius 1 is 1.22 bits per heavy atom. The highest BCUT2D eigenvalue weighted by Gasteiger charge is 2.69. The Kier molecular flexibility index (Phi) is 6.37. The summed E-state index contributed by atoms with van der Waals surface area (Å²) in [5.74, 6) is -1.36. The van der Waals surface area contributed by atoms with Gasteiger partial charge in [0.15, 0.2) is 6.23 Å². The van der Waals surface area contributed by atoms with E-state index in [-0.39, 0.29) is 0 Å². The summed E-state index contributed by atoms with van der Waals surface area (Å²) in [5, 5.41) is 10.6. The molecule has 0 saturated carbocycles.